The van der Waals surface area contributed by atoms with E-state index in [0.29, 0.717) is 27.4 Å². The number of hydrogen-bond donors (Lipinski definition) is 1. The maximum absolute atomic E-state index is 13.7. The maximum atomic E-state index is 13.7. The third-order valence-electron chi connectivity index (χ3n) is 5.30. The lowest BCUT2D eigenvalue weighted by Crippen LogP contribution is -2.38. The number of amides is 1. The monoisotopic (exact) mass is 538 g/mol. The molecule has 0 atom stereocenters. The summed E-state index contributed by atoms with van der Waals surface area (Å²) in [4.78, 5) is 12.7. The molecule has 0 aliphatic heterocycles. The van der Waals surface area contributed by atoms with E-state index in [1.807, 2.05) is 0 Å². The molecular formula is C25H25F3N2O6S. The van der Waals surface area contributed by atoms with Crippen molar-refractivity contribution in [2.75, 3.05) is 37.5 Å². The second kappa shape index (κ2) is 11.0. The normalized spacial score (nSPS) is 11.5. The number of carbonyl (C=O) groups is 1. The van der Waals surface area contributed by atoms with Crippen LogP contribution in [0.1, 0.15) is 11.1 Å². The molecule has 0 saturated heterocycles. The molecule has 0 heterocycles. The number of nitrogens with one attached hydrogen (secondary N) is 1. The number of rotatable bonds is 9. The largest absolute Gasteiger partial charge is 0.495 e. The van der Waals surface area contributed by atoms with Gasteiger partial charge in [0.1, 0.15) is 17.2 Å². The zero-order chi connectivity index (χ0) is 27.4. The molecule has 0 unspecified atom stereocenters. The molecular weight excluding hydrogens is 513 g/mol. The van der Waals surface area contributed by atoms with Crippen molar-refractivity contribution < 1.29 is 40.6 Å². The molecule has 0 bridgehead atoms. The van der Waals surface area contributed by atoms with Crippen LogP contribution in [0.15, 0.2) is 65.6 Å². The number of alkyl halides is 3. The standard InChI is InChI=1S/C25H25F3N2O6S/c1-16-8-10-21(35-3)23(12-16)37(32,33)30(19-7-5-6-17(13-19)25(26,27)28)15-24(31)29-18-9-11-20(34-2)22(14-18)36-4/h5-14H,15H2,1-4H3,(H,29,31). The Labute approximate surface area is 212 Å². The lowest BCUT2D eigenvalue weighted by Gasteiger charge is -2.26. The molecule has 1 amide bonds. The first-order chi connectivity index (χ1) is 17.4. The second-order valence-electron chi connectivity index (χ2n) is 7.83. The Kier molecular flexibility index (Phi) is 8.22. The number of nitrogens with zero attached hydrogens (tertiary/aromatic N) is 1. The Morgan fingerprint density at radius 1 is 0.892 bits per heavy atom. The minimum absolute atomic E-state index is 0.0251. The fraction of sp³-hybridized carbons (Fsp3) is 0.240. The van der Waals surface area contributed by atoms with Crippen LogP contribution in [-0.4, -0.2) is 42.2 Å². The topological polar surface area (TPSA) is 94.2 Å². The average Bonchev–Trinajstić information content (AvgIpc) is 2.86. The molecule has 8 nitrogen and oxygen atoms in total. The predicted octanol–water partition coefficient (Wildman–Crippen LogP) is 4.87. The number of aryl methyl sites for hydroxylation is 1. The molecule has 0 radical (unpaired) electrons. The molecule has 1 N–H and O–H groups in total. The van der Waals surface area contributed by atoms with Crippen molar-refractivity contribution in [2.45, 2.75) is 18.0 Å². The number of anilines is 2. The van der Waals surface area contributed by atoms with Gasteiger partial charge in [-0.1, -0.05) is 12.1 Å². The van der Waals surface area contributed by atoms with Crippen LogP contribution in [0.2, 0.25) is 0 Å². The van der Waals surface area contributed by atoms with E-state index >= 15 is 0 Å². The number of carbonyl (C=O) groups excluding carboxylic acids is 1. The first kappa shape index (κ1) is 27.7. The van der Waals surface area contributed by atoms with Crippen LogP contribution in [0.5, 0.6) is 17.2 Å². The van der Waals surface area contributed by atoms with E-state index in [1.165, 1.54) is 57.7 Å². The molecule has 0 aliphatic carbocycles. The molecule has 0 spiro atoms. The van der Waals surface area contributed by atoms with Crippen LogP contribution >= 0.6 is 0 Å². The number of sulfonamides is 1. The van der Waals surface area contributed by atoms with Crippen LogP contribution in [-0.2, 0) is 21.0 Å². The highest BCUT2D eigenvalue weighted by Crippen LogP contribution is 2.35. The number of ether oxygens (including phenoxy) is 3. The van der Waals surface area contributed by atoms with Crippen LogP contribution in [0.25, 0.3) is 0 Å². The van der Waals surface area contributed by atoms with Crippen molar-refractivity contribution in [1.82, 2.24) is 0 Å². The van der Waals surface area contributed by atoms with Crippen LogP contribution in [0, 0.1) is 6.92 Å². The van der Waals surface area contributed by atoms with E-state index in [9.17, 15) is 26.4 Å². The molecule has 3 rings (SSSR count). The lowest BCUT2D eigenvalue weighted by molar-refractivity contribution is -0.137. The van der Waals surface area contributed by atoms with Crippen molar-refractivity contribution in [3.8, 4) is 17.2 Å². The lowest BCUT2D eigenvalue weighted by atomic mass is 10.2. The Morgan fingerprint density at radius 3 is 2.16 bits per heavy atom. The highest BCUT2D eigenvalue weighted by atomic mass is 32.2. The summed E-state index contributed by atoms with van der Waals surface area (Å²) in [5.74, 6) is -0.116. The van der Waals surface area contributed by atoms with Gasteiger partial charge in [0.05, 0.1) is 32.6 Å². The van der Waals surface area contributed by atoms with Gasteiger partial charge in [-0.25, -0.2) is 8.42 Å². The van der Waals surface area contributed by atoms with Crippen molar-refractivity contribution in [2.24, 2.45) is 0 Å². The smallest absolute Gasteiger partial charge is 0.416 e. The van der Waals surface area contributed by atoms with Gasteiger partial charge in [0.15, 0.2) is 11.5 Å². The summed E-state index contributed by atoms with van der Waals surface area (Å²) in [6, 6.07) is 12.6. The quantitative estimate of drug-likeness (QED) is 0.418. The van der Waals surface area contributed by atoms with E-state index in [0.717, 1.165) is 12.1 Å². The van der Waals surface area contributed by atoms with E-state index in [2.05, 4.69) is 5.32 Å². The summed E-state index contributed by atoms with van der Waals surface area (Å²) in [6.07, 6.45) is -4.73. The van der Waals surface area contributed by atoms with E-state index in [-0.39, 0.29) is 22.0 Å². The van der Waals surface area contributed by atoms with Gasteiger partial charge in [-0.05, 0) is 55.0 Å². The third-order valence-corrected chi connectivity index (χ3v) is 7.10. The first-order valence-corrected chi connectivity index (χ1v) is 12.2. The van der Waals surface area contributed by atoms with Gasteiger partial charge < -0.3 is 19.5 Å². The van der Waals surface area contributed by atoms with Crippen molar-refractivity contribution in [3.63, 3.8) is 0 Å². The summed E-state index contributed by atoms with van der Waals surface area (Å²) in [5.41, 5.74) is -0.585. The molecule has 0 aromatic heterocycles. The molecule has 198 valence electrons. The Balaban J connectivity index is 2.06. The van der Waals surface area contributed by atoms with Crippen LogP contribution in [0.4, 0.5) is 24.5 Å². The first-order valence-electron chi connectivity index (χ1n) is 10.8. The number of halogens is 3. The highest BCUT2D eigenvalue weighted by Gasteiger charge is 2.34. The summed E-state index contributed by atoms with van der Waals surface area (Å²) < 4.78 is 83.9. The Hall–Kier alpha value is -3.93. The molecule has 37 heavy (non-hydrogen) atoms. The Morgan fingerprint density at radius 2 is 1.54 bits per heavy atom. The molecule has 3 aromatic rings. The summed E-state index contributed by atoms with van der Waals surface area (Å²) >= 11 is 0. The number of hydrogen-bond acceptors (Lipinski definition) is 6. The average molecular weight is 539 g/mol. The summed E-state index contributed by atoms with van der Waals surface area (Å²) in [7, 11) is -0.450. The third kappa shape index (κ3) is 6.26. The molecule has 0 saturated carbocycles. The predicted molar refractivity (Wildman–Crippen MR) is 132 cm³/mol. The van der Waals surface area contributed by atoms with Crippen molar-refractivity contribution in [1.29, 1.82) is 0 Å². The maximum Gasteiger partial charge on any atom is 0.416 e. The zero-order valence-electron chi connectivity index (χ0n) is 20.4. The molecule has 12 heteroatoms. The fourth-order valence-corrected chi connectivity index (χ4v) is 5.16. The van der Waals surface area contributed by atoms with E-state index < -0.39 is 34.2 Å². The SMILES string of the molecule is COc1ccc(NC(=O)CN(c2cccc(C(F)(F)F)c2)S(=O)(=O)c2cc(C)ccc2OC)cc1OC. The molecule has 3 aromatic carbocycles. The minimum atomic E-state index is -4.73. The van der Waals surface area contributed by atoms with Gasteiger partial charge in [-0.2, -0.15) is 13.2 Å². The van der Waals surface area contributed by atoms with Crippen LogP contribution in [0.3, 0.4) is 0 Å². The number of methoxy groups -OCH3 is 3. The van der Waals surface area contributed by atoms with Crippen molar-refractivity contribution >= 4 is 27.3 Å². The van der Waals surface area contributed by atoms with Gasteiger partial charge >= 0.3 is 6.18 Å². The second-order valence-corrected chi connectivity index (χ2v) is 9.66. The van der Waals surface area contributed by atoms with Gasteiger partial charge in [0.2, 0.25) is 5.91 Å². The number of benzene rings is 3. The van der Waals surface area contributed by atoms with Gasteiger partial charge in [0.25, 0.3) is 10.0 Å². The van der Waals surface area contributed by atoms with Crippen LogP contribution < -0.4 is 23.8 Å². The fourth-order valence-electron chi connectivity index (χ4n) is 3.50. The van der Waals surface area contributed by atoms with Gasteiger partial charge in [-0.3, -0.25) is 9.10 Å². The van der Waals surface area contributed by atoms with Gasteiger partial charge in [-0.15, -0.1) is 0 Å². The Bertz CT molecular complexity index is 1390. The summed E-state index contributed by atoms with van der Waals surface area (Å²) in [5, 5.41) is 2.54. The molecule has 0 fully saturated rings. The zero-order valence-corrected chi connectivity index (χ0v) is 21.2. The molecule has 0 aliphatic rings. The van der Waals surface area contributed by atoms with E-state index in [1.54, 1.807) is 13.0 Å². The minimum Gasteiger partial charge on any atom is -0.495 e. The highest BCUT2D eigenvalue weighted by molar-refractivity contribution is 7.93. The van der Waals surface area contributed by atoms with Gasteiger partial charge in [0, 0.05) is 11.8 Å². The summed E-state index contributed by atoms with van der Waals surface area (Å²) in [6.45, 7) is 0.825. The van der Waals surface area contributed by atoms with E-state index in [4.69, 9.17) is 14.2 Å². The van der Waals surface area contributed by atoms with Crippen molar-refractivity contribution in [3.05, 3.63) is 71.8 Å².